The predicted molar refractivity (Wildman–Crippen MR) is 228 cm³/mol. The number of fused-ring (bicyclic) bond motifs is 4. The molecular formula is C52H35NO. The fraction of sp³-hybridized carbons (Fsp3) is 0. The van der Waals surface area contributed by atoms with Gasteiger partial charge in [-0.3, -0.25) is 0 Å². The first-order valence-electron chi connectivity index (χ1n) is 18.4. The molecule has 0 saturated carbocycles. The third-order valence-electron chi connectivity index (χ3n) is 10.5. The maximum absolute atomic E-state index is 6.39. The van der Waals surface area contributed by atoms with E-state index >= 15 is 0 Å². The molecule has 0 unspecified atom stereocenters. The molecule has 2 heteroatoms. The summed E-state index contributed by atoms with van der Waals surface area (Å²) < 4.78 is 6.39. The minimum atomic E-state index is 0.890. The van der Waals surface area contributed by atoms with Gasteiger partial charge in [0.05, 0.1) is 5.69 Å². The molecule has 10 aromatic rings. The molecule has 9 aromatic carbocycles. The molecule has 0 saturated heterocycles. The number of benzene rings is 9. The van der Waals surface area contributed by atoms with Gasteiger partial charge in [-0.2, -0.15) is 0 Å². The van der Waals surface area contributed by atoms with Crippen LogP contribution in [-0.4, -0.2) is 0 Å². The topological polar surface area (TPSA) is 16.4 Å². The van der Waals surface area contributed by atoms with E-state index in [9.17, 15) is 0 Å². The van der Waals surface area contributed by atoms with Gasteiger partial charge < -0.3 is 9.32 Å². The van der Waals surface area contributed by atoms with Crippen molar-refractivity contribution in [3.63, 3.8) is 0 Å². The van der Waals surface area contributed by atoms with E-state index in [1.54, 1.807) is 0 Å². The number of rotatable bonds is 7. The monoisotopic (exact) mass is 689 g/mol. The molecule has 0 aliphatic carbocycles. The lowest BCUT2D eigenvalue weighted by atomic mass is 9.98. The molecule has 1 heterocycles. The van der Waals surface area contributed by atoms with Crippen LogP contribution < -0.4 is 4.90 Å². The Labute approximate surface area is 314 Å². The fourth-order valence-corrected chi connectivity index (χ4v) is 7.71. The molecule has 10 rings (SSSR count). The van der Waals surface area contributed by atoms with Gasteiger partial charge in [0.15, 0.2) is 0 Å². The maximum atomic E-state index is 6.39. The Hall–Kier alpha value is -7.16. The van der Waals surface area contributed by atoms with Crippen molar-refractivity contribution in [2.24, 2.45) is 0 Å². The Morgan fingerprint density at radius 2 is 0.815 bits per heavy atom. The van der Waals surface area contributed by atoms with Crippen LogP contribution in [0, 0.1) is 0 Å². The molecule has 0 radical (unpaired) electrons. The molecule has 1 aromatic heterocycles. The van der Waals surface area contributed by atoms with Crippen molar-refractivity contribution < 1.29 is 4.42 Å². The SMILES string of the molecule is c1ccc(-c2ccc(-c3ccc(N(c4cccc(-c5ccccc5)c4)c4ccccc4-c4ccc5oc6cc7ccccc7cc6c5c4)cc3)cc2)cc1. The van der Waals surface area contributed by atoms with Crippen molar-refractivity contribution in [2.45, 2.75) is 0 Å². The third-order valence-corrected chi connectivity index (χ3v) is 10.5. The van der Waals surface area contributed by atoms with E-state index in [4.69, 9.17) is 4.42 Å². The summed E-state index contributed by atoms with van der Waals surface area (Å²) in [6, 6.07) is 75.9. The Morgan fingerprint density at radius 3 is 1.52 bits per heavy atom. The molecular weight excluding hydrogens is 655 g/mol. The molecule has 0 N–H and O–H groups in total. The van der Waals surface area contributed by atoms with Crippen molar-refractivity contribution in [3.8, 4) is 44.5 Å². The Bertz CT molecular complexity index is 2910. The first-order chi connectivity index (χ1) is 26.7. The van der Waals surface area contributed by atoms with Crippen LogP contribution in [0.15, 0.2) is 217 Å². The van der Waals surface area contributed by atoms with Crippen LogP contribution in [0.1, 0.15) is 0 Å². The highest BCUT2D eigenvalue weighted by Gasteiger charge is 2.19. The Balaban J connectivity index is 1.09. The van der Waals surface area contributed by atoms with Crippen molar-refractivity contribution in [2.75, 3.05) is 4.90 Å². The van der Waals surface area contributed by atoms with Crippen molar-refractivity contribution in [1.82, 2.24) is 0 Å². The van der Waals surface area contributed by atoms with E-state index in [0.717, 1.165) is 50.1 Å². The van der Waals surface area contributed by atoms with E-state index in [-0.39, 0.29) is 0 Å². The standard InChI is InChI=1S/C52H35NO/c1-3-12-36(13-4-1)38-22-24-39(25-23-38)40-26-29-45(30-27-40)53(46-19-11-18-41(32-46)37-14-5-2-6-15-37)50-21-10-9-20-47(50)44-28-31-51-48(34-44)49-33-42-16-7-8-17-43(42)35-52(49)54-51/h1-35H. The van der Waals surface area contributed by atoms with Gasteiger partial charge in [-0.05, 0) is 104 Å². The van der Waals surface area contributed by atoms with Gasteiger partial charge in [0, 0.05) is 27.7 Å². The minimum Gasteiger partial charge on any atom is -0.456 e. The van der Waals surface area contributed by atoms with Crippen molar-refractivity contribution in [3.05, 3.63) is 212 Å². The first kappa shape index (κ1) is 31.6. The summed E-state index contributed by atoms with van der Waals surface area (Å²) in [6.07, 6.45) is 0. The zero-order valence-electron chi connectivity index (χ0n) is 29.6. The van der Waals surface area contributed by atoms with Crippen LogP contribution in [0.4, 0.5) is 17.1 Å². The number of anilines is 3. The third kappa shape index (κ3) is 5.81. The van der Waals surface area contributed by atoms with Crippen LogP contribution in [0.5, 0.6) is 0 Å². The second kappa shape index (κ2) is 13.4. The number of hydrogen-bond acceptors (Lipinski definition) is 2. The van der Waals surface area contributed by atoms with Crippen LogP contribution >= 0.6 is 0 Å². The lowest BCUT2D eigenvalue weighted by Gasteiger charge is -2.28. The van der Waals surface area contributed by atoms with E-state index in [0.29, 0.717) is 0 Å². The van der Waals surface area contributed by atoms with Crippen LogP contribution in [0.3, 0.4) is 0 Å². The van der Waals surface area contributed by atoms with Crippen LogP contribution in [-0.2, 0) is 0 Å². The second-order valence-corrected chi connectivity index (χ2v) is 13.8. The van der Waals surface area contributed by atoms with E-state index in [1.807, 2.05) is 0 Å². The average molecular weight is 690 g/mol. The summed E-state index contributed by atoms with van der Waals surface area (Å²) in [5, 5.41) is 4.63. The Kier molecular flexibility index (Phi) is 7.85. The predicted octanol–water partition coefficient (Wildman–Crippen LogP) is 14.9. The highest BCUT2D eigenvalue weighted by Crippen LogP contribution is 2.44. The van der Waals surface area contributed by atoms with Gasteiger partial charge in [0.1, 0.15) is 11.2 Å². The summed E-state index contributed by atoms with van der Waals surface area (Å²) in [6.45, 7) is 0. The molecule has 0 bridgehead atoms. The van der Waals surface area contributed by atoms with Gasteiger partial charge >= 0.3 is 0 Å². The minimum absolute atomic E-state index is 0.890. The largest absolute Gasteiger partial charge is 0.456 e. The number of nitrogens with zero attached hydrogens (tertiary/aromatic N) is 1. The van der Waals surface area contributed by atoms with E-state index in [1.165, 1.54) is 44.2 Å². The Morgan fingerprint density at radius 1 is 0.296 bits per heavy atom. The number of hydrogen-bond donors (Lipinski definition) is 0. The summed E-state index contributed by atoms with van der Waals surface area (Å²) in [5.74, 6) is 0. The van der Waals surface area contributed by atoms with E-state index in [2.05, 4.69) is 217 Å². The summed E-state index contributed by atoms with van der Waals surface area (Å²) in [5.41, 5.74) is 14.5. The fourth-order valence-electron chi connectivity index (χ4n) is 7.71. The lowest BCUT2D eigenvalue weighted by Crippen LogP contribution is -2.11. The van der Waals surface area contributed by atoms with Crippen molar-refractivity contribution >= 4 is 49.8 Å². The van der Waals surface area contributed by atoms with Crippen molar-refractivity contribution in [1.29, 1.82) is 0 Å². The van der Waals surface area contributed by atoms with E-state index < -0.39 is 0 Å². The smallest absolute Gasteiger partial charge is 0.136 e. The zero-order chi connectivity index (χ0) is 35.8. The lowest BCUT2D eigenvalue weighted by molar-refractivity contribution is 0.669. The summed E-state index contributed by atoms with van der Waals surface area (Å²) in [4.78, 5) is 2.38. The highest BCUT2D eigenvalue weighted by molar-refractivity contribution is 6.11. The first-order valence-corrected chi connectivity index (χ1v) is 18.4. The van der Waals surface area contributed by atoms with Crippen LogP contribution in [0.2, 0.25) is 0 Å². The summed E-state index contributed by atoms with van der Waals surface area (Å²) in [7, 11) is 0. The van der Waals surface area contributed by atoms with Gasteiger partial charge in [0.25, 0.3) is 0 Å². The molecule has 2 nitrogen and oxygen atoms in total. The van der Waals surface area contributed by atoms with Gasteiger partial charge in [-0.1, -0.05) is 158 Å². The summed E-state index contributed by atoms with van der Waals surface area (Å²) >= 11 is 0. The maximum Gasteiger partial charge on any atom is 0.136 e. The molecule has 0 aliphatic heterocycles. The highest BCUT2D eigenvalue weighted by atomic mass is 16.3. The molecule has 54 heavy (non-hydrogen) atoms. The number of para-hydroxylation sites is 1. The van der Waals surface area contributed by atoms with Gasteiger partial charge in [-0.25, -0.2) is 0 Å². The zero-order valence-corrected chi connectivity index (χ0v) is 29.6. The second-order valence-electron chi connectivity index (χ2n) is 13.8. The van der Waals surface area contributed by atoms with Gasteiger partial charge in [-0.15, -0.1) is 0 Å². The average Bonchev–Trinajstić information content (AvgIpc) is 3.61. The van der Waals surface area contributed by atoms with Crippen LogP contribution in [0.25, 0.3) is 77.2 Å². The molecule has 0 aliphatic rings. The quantitative estimate of drug-likeness (QED) is 0.166. The molecule has 0 atom stereocenters. The molecule has 0 fully saturated rings. The normalized spacial score (nSPS) is 11.3. The van der Waals surface area contributed by atoms with Gasteiger partial charge in [0.2, 0.25) is 0 Å². The molecule has 0 amide bonds. The molecule has 254 valence electrons. The molecule has 0 spiro atoms. The number of furan rings is 1.